The molecule has 0 amide bonds. The largest absolute Gasteiger partial charge is 0.383 e. The first-order valence-corrected chi connectivity index (χ1v) is 8.00. The van der Waals surface area contributed by atoms with E-state index >= 15 is 0 Å². The molecule has 0 saturated carbocycles. The second-order valence-electron chi connectivity index (χ2n) is 5.39. The molecule has 0 N–H and O–H groups in total. The minimum absolute atomic E-state index is 0.725. The molecule has 2 rings (SSSR count). The Kier molecular flexibility index (Phi) is 6.05. The van der Waals surface area contributed by atoms with Crippen LogP contribution in [0, 0.1) is 0 Å². The summed E-state index contributed by atoms with van der Waals surface area (Å²) in [6.07, 6.45) is 9.04. The predicted octanol–water partition coefficient (Wildman–Crippen LogP) is 3.54. The molecule has 2 aromatic heterocycles. The fourth-order valence-corrected chi connectivity index (χ4v) is 2.60. The third kappa shape index (κ3) is 3.97. The molecule has 116 valence electrons. The van der Waals surface area contributed by atoms with Crippen molar-refractivity contribution in [3.63, 3.8) is 0 Å². The van der Waals surface area contributed by atoms with Crippen LogP contribution in [0.4, 0.5) is 5.82 Å². The lowest BCUT2D eigenvalue weighted by molar-refractivity contribution is 0.205. The molecule has 0 fully saturated rings. The Morgan fingerprint density at radius 1 is 1.29 bits per heavy atom. The molecule has 0 unspecified atom stereocenters. The number of anilines is 1. The highest BCUT2D eigenvalue weighted by Crippen LogP contribution is 2.21. The highest BCUT2D eigenvalue weighted by molar-refractivity contribution is 5.69. The number of methoxy groups -OCH3 is 1. The Labute approximate surface area is 127 Å². The lowest BCUT2D eigenvalue weighted by Crippen LogP contribution is -2.28. The zero-order valence-corrected chi connectivity index (χ0v) is 13.5. The van der Waals surface area contributed by atoms with Gasteiger partial charge < -0.3 is 14.0 Å². The van der Waals surface area contributed by atoms with E-state index in [0.29, 0.717) is 0 Å². The lowest BCUT2D eigenvalue weighted by atomic mass is 10.1. The number of fused-ring (bicyclic) bond motifs is 1. The zero-order chi connectivity index (χ0) is 15.1. The van der Waals surface area contributed by atoms with Crippen LogP contribution in [0.2, 0.25) is 0 Å². The van der Waals surface area contributed by atoms with Gasteiger partial charge in [0, 0.05) is 32.6 Å². The van der Waals surface area contributed by atoms with Gasteiger partial charge in [0.15, 0.2) is 5.82 Å². The molecule has 0 aliphatic rings. The smallest absolute Gasteiger partial charge is 0.153 e. The van der Waals surface area contributed by atoms with E-state index in [0.717, 1.165) is 31.9 Å². The molecule has 0 aliphatic heterocycles. The average Bonchev–Trinajstić information content (AvgIpc) is 2.96. The van der Waals surface area contributed by atoms with Gasteiger partial charge in [-0.1, -0.05) is 19.8 Å². The summed E-state index contributed by atoms with van der Waals surface area (Å²) in [5, 5.41) is 0. The monoisotopic (exact) mass is 289 g/mol. The summed E-state index contributed by atoms with van der Waals surface area (Å²) in [5.41, 5.74) is 2.35. The van der Waals surface area contributed by atoms with E-state index in [4.69, 9.17) is 9.72 Å². The number of aromatic nitrogens is 2. The summed E-state index contributed by atoms with van der Waals surface area (Å²) in [6.45, 7) is 6.94. The van der Waals surface area contributed by atoms with E-state index in [9.17, 15) is 0 Å². The van der Waals surface area contributed by atoms with Crippen LogP contribution in [-0.4, -0.2) is 36.2 Å². The summed E-state index contributed by atoms with van der Waals surface area (Å²) >= 11 is 0. The molecule has 21 heavy (non-hydrogen) atoms. The van der Waals surface area contributed by atoms with Crippen LogP contribution in [0.5, 0.6) is 0 Å². The van der Waals surface area contributed by atoms with Crippen LogP contribution in [-0.2, 0) is 11.2 Å². The van der Waals surface area contributed by atoms with Gasteiger partial charge in [0.05, 0.1) is 17.8 Å². The van der Waals surface area contributed by atoms with Gasteiger partial charge in [0.1, 0.15) is 0 Å². The molecule has 0 aromatic carbocycles. The highest BCUT2D eigenvalue weighted by Gasteiger charge is 2.12. The Bertz CT molecular complexity index is 550. The minimum Gasteiger partial charge on any atom is -0.383 e. The van der Waals surface area contributed by atoms with Crippen molar-refractivity contribution in [1.82, 2.24) is 9.38 Å². The third-order valence-corrected chi connectivity index (χ3v) is 3.83. The SMILES string of the molecule is CCCCCc1cn2cccc2c(N(CC)CCOC)n1. The molecule has 0 aliphatic carbocycles. The van der Waals surface area contributed by atoms with Crippen molar-refractivity contribution >= 4 is 11.3 Å². The van der Waals surface area contributed by atoms with E-state index in [1.165, 1.54) is 30.5 Å². The predicted molar refractivity (Wildman–Crippen MR) is 88.2 cm³/mol. The lowest BCUT2D eigenvalue weighted by Gasteiger charge is -2.23. The second-order valence-corrected chi connectivity index (χ2v) is 5.39. The Hall–Kier alpha value is -1.55. The number of ether oxygens (including phenoxy) is 1. The average molecular weight is 289 g/mol. The van der Waals surface area contributed by atoms with Gasteiger partial charge in [-0.15, -0.1) is 0 Å². The van der Waals surface area contributed by atoms with Crippen LogP contribution in [0.25, 0.3) is 5.52 Å². The Morgan fingerprint density at radius 2 is 2.14 bits per heavy atom. The molecule has 0 spiro atoms. The maximum absolute atomic E-state index is 5.22. The molecule has 0 saturated heterocycles. The minimum atomic E-state index is 0.725. The van der Waals surface area contributed by atoms with Gasteiger partial charge >= 0.3 is 0 Å². The van der Waals surface area contributed by atoms with Crippen molar-refractivity contribution in [2.24, 2.45) is 0 Å². The zero-order valence-electron chi connectivity index (χ0n) is 13.5. The third-order valence-electron chi connectivity index (χ3n) is 3.83. The summed E-state index contributed by atoms with van der Waals surface area (Å²) in [7, 11) is 1.75. The van der Waals surface area contributed by atoms with Gasteiger partial charge in [0.25, 0.3) is 0 Å². The van der Waals surface area contributed by atoms with E-state index in [2.05, 4.69) is 47.7 Å². The summed E-state index contributed by atoms with van der Waals surface area (Å²) in [5.74, 6) is 1.08. The van der Waals surface area contributed by atoms with Crippen LogP contribution >= 0.6 is 0 Å². The quantitative estimate of drug-likeness (QED) is 0.661. The first-order valence-electron chi connectivity index (χ1n) is 8.00. The van der Waals surface area contributed by atoms with Crippen molar-refractivity contribution in [2.75, 3.05) is 31.7 Å². The number of unbranched alkanes of at least 4 members (excludes halogenated alkanes) is 2. The highest BCUT2D eigenvalue weighted by atomic mass is 16.5. The maximum Gasteiger partial charge on any atom is 0.153 e. The van der Waals surface area contributed by atoms with Crippen molar-refractivity contribution in [3.8, 4) is 0 Å². The number of rotatable bonds is 9. The number of hydrogen-bond acceptors (Lipinski definition) is 3. The normalized spacial score (nSPS) is 11.2. The van der Waals surface area contributed by atoms with Gasteiger partial charge in [-0.25, -0.2) is 4.98 Å². The molecule has 0 bridgehead atoms. The second kappa shape index (κ2) is 8.03. The molecule has 0 radical (unpaired) electrons. The molecule has 2 aromatic rings. The van der Waals surface area contributed by atoms with Gasteiger partial charge in [-0.05, 0) is 31.9 Å². The molecular formula is C17H27N3O. The van der Waals surface area contributed by atoms with Crippen molar-refractivity contribution in [3.05, 3.63) is 30.2 Å². The van der Waals surface area contributed by atoms with Gasteiger partial charge in [-0.3, -0.25) is 0 Å². The first kappa shape index (κ1) is 15.8. The van der Waals surface area contributed by atoms with E-state index < -0.39 is 0 Å². The number of likely N-dealkylation sites (N-methyl/N-ethyl adjacent to an activating group) is 1. The van der Waals surface area contributed by atoms with Crippen LogP contribution in [0.3, 0.4) is 0 Å². The van der Waals surface area contributed by atoms with Gasteiger partial charge in [0.2, 0.25) is 0 Å². The van der Waals surface area contributed by atoms with E-state index in [1.807, 2.05) is 0 Å². The number of nitrogens with zero attached hydrogens (tertiary/aromatic N) is 3. The molecule has 4 nitrogen and oxygen atoms in total. The fraction of sp³-hybridized carbons (Fsp3) is 0.588. The summed E-state index contributed by atoms with van der Waals surface area (Å²) in [4.78, 5) is 7.21. The van der Waals surface area contributed by atoms with E-state index in [-0.39, 0.29) is 0 Å². The van der Waals surface area contributed by atoms with Crippen LogP contribution in [0.15, 0.2) is 24.5 Å². The van der Waals surface area contributed by atoms with Crippen molar-refractivity contribution in [1.29, 1.82) is 0 Å². The van der Waals surface area contributed by atoms with Gasteiger partial charge in [-0.2, -0.15) is 0 Å². The summed E-state index contributed by atoms with van der Waals surface area (Å²) in [6, 6.07) is 4.22. The topological polar surface area (TPSA) is 29.8 Å². The van der Waals surface area contributed by atoms with Crippen molar-refractivity contribution < 1.29 is 4.74 Å². The molecule has 0 atom stereocenters. The number of hydrogen-bond donors (Lipinski definition) is 0. The molecule has 2 heterocycles. The van der Waals surface area contributed by atoms with E-state index in [1.54, 1.807) is 7.11 Å². The molecule has 4 heteroatoms. The Balaban J connectivity index is 2.28. The van der Waals surface area contributed by atoms with Crippen LogP contribution in [0.1, 0.15) is 38.8 Å². The first-order chi connectivity index (χ1) is 10.3. The number of aryl methyl sites for hydroxylation is 1. The Morgan fingerprint density at radius 3 is 2.86 bits per heavy atom. The molecular weight excluding hydrogens is 262 g/mol. The standard InChI is InChI=1S/C17H27N3O/c1-4-6-7-9-15-14-20-11-8-10-16(20)17(18-15)19(5-2)12-13-21-3/h8,10-11,14H,4-7,9,12-13H2,1-3H3. The van der Waals surface area contributed by atoms with Crippen LogP contribution < -0.4 is 4.90 Å². The summed E-state index contributed by atoms with van der Waals surface area (Å²) < 4.78 is 7.42. The fourth-order valence-electron chi connectivity index (χ4n) is 2.60. The van der Waals surface area contributed by atoms with Crippen molar-refractivity contribution in [2.45, 2.75) is 39.5 Å². The maximum atomic E-state index is 5.22.